The number of rotatable bonds is 1. The molecule has 1 spiro atoms. The minimum atomic E-state index is 0.329. The van der Waals surface area contributed by atoms with E-state index in [0.717, 1.165) is 45.0 Å². The summed E-state index contributed by atoms with van der Waals surface area (Å²) in [5.41, 5.74) is 0.696. The fourth-order valence-corrected chi connectivity index (χ4v) is 2.66. The third kappa shape index (κ3) is 1.85. The van der Waals surface area contributed by atoms with E-state index in [9.17, 15) is 0 Å². The molecule has 0 saturated carbocycles. The predicted molar refractivity (Wildman–Crippen MR) is 61.4 cm³/mol. The van der Waals surface area contributed by atoms with Crippen molar-refractivity contribution in [3.63, 3.8) is 0 Å². The van der Waals surface area contributed by atoms with Gasteiger partial charge in [0.2, 0.25) is 0 Å². The lowest BCUT2D eigenvalue weighted by atomic mass is 9.87. The predicted octanol–water partition coefficient (Wildman–Crippen LogP) is 0.965. The number of nitriles is 1. The van der Waals surface area contributed by atoms with E-state index >= 15 is 0 Å². The van der Waals surface area contributed by atoms with Gasteiger partial charge in [-0.15, -0.1) is 10.2 Å². The Labute approximate surface area is 100 Å². The molecule has 1 aromatic heterocycles. The molecule has 5 nitrogen and oxygen atoms in total. The average Bonchev–Trinajstić information content (AvgIpc) is 3.01. The van der Waals surface area contributed by atoms with E-state index in [1.54, 1.807) is 6.07 Å². The number of ether oxygens (including phenoxy) is 1. The van der Waals surface area contributed by atoms with Crippen molar-refractivity contribution in [1.82, 2.24) is 10.2 Å². The Morgan fingerprint density at radius 2 is 2.29 bits per heavy atom. The number of hydrogen-bond donors (Lipinski definition) is 0. The van der Waals surface area contributed by atoms with Gasteiger partial charge in [0.15, 0.2) is 11.5 Å². The van der Waals surface area contributed by atoms with Crippen molar-refractivity contribution in [2.45, 2.75) is 12.8 Å². The SMILES string of the molecule is N#Cc1ccc(N2CCC3(CCOC3)C2)nn1. The highest BCUT2D eigenvalue weighted by molar-refractivity contribution is 5.40. The lowest BCUT2D eigenvalue weighted by molar-refractivity contribution is 0.160. The largest absolute Gasteiger partial charge is 0.381 e. The van der Waals surface area contributed by atoms with Crippen molar-refractivity contribution >= 4 is 5.82 Å². The first kappa shape index (κ1) is 10.5. The minimum absolute atomic E-state index is 0.329. The molecular weight excluding hydrogens is 216 g/mol. The van der Waals surface area contributed by atoms with Gasteiger partial charge in [0.25, 0.3) is 0 Å². The lowest BCUT2D eigenvalue weighted by Crippen LogP contribution is -2.28. The summed E-state index contributed by atoms with van der Waals surface area (Å²) in [5.74, 6) is 0.868. The Kier molecular flexibility index (Phi) is 2.45. The van der Waals surface area contributed by atoms with Gasteiger partial charge < -0.3 is 9.64 Å². The van der Waals surface area contributed by atoms with Crippen molar-refractivity contribution in [2.24, 2.45) is 5.41 Å². The first-order chi connectivity index (χ1) is 8.31. The summed E-state index contributed by atoms with van der Waals surface area (Å²) < 4.78 is 5.50. The molecular formula is C12H14N4O. The maximum absolute atomic E-state index is 8.68. The number of hydrogen-bond acceptors (Lipinski definition) is 5. The number of aromatic nitrogens is 2. The molecule has 2 aliphatic heterocycles. The molecule has 0 amide bonds. The van der Waals surface area contributed by atoms with Crippen LogP contribution < -0.4 is 4.90 Å². The van der Waals surface area contributed by atoms with Gasteiger partial charge in [-0.05, 0) is 25.0 Å². The summed E-state index contributed by atoms with van der Waals surface area (Å²) in [4.78, 5) is 2.24. The summed E-state index contributed by atoms with van der Waals surface area (Å²) in [6.07, 6.45) is 2.31. The van der Waals surface area contributed by atoms with Gasteiger partial charge >= 0.3 is 0 Å². The molecule has 5 heteroatoms. The maximum atomic E-state index is 8.68. The molecule has 1 atom stereocenters. The van der Waals surface area contributed by atoms with E-state index in [-0.39, 0.29) is 0 Å². The number of nitrogens with zero attached hydrogens (tertiary/aromatic N) is 4. The quantitative estimate of drug-likeness (QED) is 0.719. The van der Waals surface area contributed by atoms with Crippen LogP contribution in [0.5, 0.6) is 0 Å². The van der Waals surface area contributed by atoms with Crippen molar-refractivity contribution in [1.29, 1.82) is 5.26 Å². The first-order valence-electron chi connectivity index (χ1n) is 5.88. The summed E-state index contributed by atoms with van der Waals surface area (Å²) in [6, 6.07) is 5.58. The highest BCUT2D eigenvalue weighted by atomic mass is 16.5. The van der Waals surface area contributed by atoms with Crippen molar-refractivity contribution in [3.05, 3.63) is 17.8 Å². The molecule has 2 aliphatic rings. The maximum Gasteiger partial charge on any atom is 0.163 e. The summed E-state index contributed by atoms with van der Waals surface area (Å²) in [5, 5.41) is 16.7. The van der Waals surface area contributed by atoms with Crippen LogP contribution in [0.15, 0.2) is 12.1 Å². The number of anilines is 1. The van der Waals surface area contributed by atoms with Crippen LogP contribution in [0.2, 0.25) is 0 Å². The van der Waals surface area contributed by atoms with E-state index in [1.165, 1.54) is 0 Å². The van der Waals surface area contributed by atoms with Crippen molar-refractivity contribution in [3.8, 4) is 6.07 Å². The van der Waals surface area contributed by atoms with Crippen LogP contribution in [0.4, 0.5) is 5.82 Å². The molecule has 1 aromatic rings. The van der Waals surface area contributed by atoms with E-state index in [0.29, 0.717) is 11.1 Å². The highest BCUT2D eigenvalue weighted by Crippen LogP contribution is 2.39. The highest BCUT2D eigenvalue weighted by Gasteiger charge is 2.41. The van der Waals surface area contributed by atoms with Crippen molar-refractivity contribution in [2.75, 3.05) is 31.2 Å². The van der Waals surface area contributed by atoms with Crippen LogP contribution in [0.1, 0.15) is 18.5 Å². The zero-order chi connectivity index (χ0) is 11.7. The van der Waals surface area contributed by atoms with Gasteiger partial charge in [0, 0.05) is 25.1 Å². The molecule has 0 bridgehead atoms. The second-order valence-electron chi connectivity index (χ2n) is 4.86. The first-order valence-corrected chi connectivity index (χ1v) is 5.88. The van der Waals surface area contributed by atoms with E-state index in [4.69, 9.17) is 10.00 Å². The monoisotopic (exact) mass is 230 g/mol. The summed E-state index contributed by atoms with van der Waals surface area (Å²) >= 11 is 0. The van der Waals surface area contributed by atoms with Gasteiger partial charge in [-0.1, -0.05) is 0 Å². The second-order valence-corrected chi connectivity index (χ2v) is 4.86. The third-order valence-electron chi connectivity index (χ3n) is 3.71. The van der Waals surface area contributed by atoms with Crippen LogP contribution in [0.3, 0.4) is 0 Å². The molecule has 2 saturated heterocycles. The van der Waals surface area contributed by atoms with E-state index < -0.39 is 0 Å². The lowest BCUT2D eigenvalue weighted by Gasteiger charge is -2.22. The van der Waals surface area contributed by atoms with Crippen LogP contribution in [0.25, 0.3) is 0 Å². The molecule has 88 valence electrons. The molecule has 3 rings (SSSR count). The normalized spacial score (nSPS) is 27.6. The average molecular weight is 230 g/mol. The van der Waals surface area contributed by atoms with Gasteiger partial charge in [-0.25, -0.2) is 0 Å². The zero-order valence-electron chi connectivity index (χ0n) is 9.59. The molecule has 3 heterocycles. The van der Waals surface area contributed by atoms with Crippen LogP contribution in [-0.4, -0.2) is 36.5 Å². The van der Waals surface area contributed by atoms with Crippen molar-refractivity contribution < 1.29 is 4.74 Å². The molecule has 0 aliphatic carbocycles. The zero-order valence-corrected chi connectivity index (χ0v) is 9.59. The van der Waals surface area contributed by atoms with Gasteiger partial charge in [-0.3, -0.25) is 0 Å². The van der Waals surface area contributed by atoms with E-state index in [2.05, 4.69) is 15.1 Å². The Morgan fingerprint density at radius 3 is 2.94 bits per heavy atom. The Balaban J connectivity index is 1.75. The second kappa shape index (κ2) is 3.97. The fraction of sp³-hybridized carbons (Fsp3) is 0.583. The Hall–Kier alpha value is -1.67. The van der Waals surface area contributed by atoms with Gasteiger partial charge in [0.1, 0.15) is 6.07 Å². The molecule has 17 heavy (non-hydrogen) atoms. The topological polar surface area (TPSA) is 62.0 Å². The van der Waals surface area contributed by atoms with Crippen LogP contribution >= 0.6 is 0 Å². The Morgan fingerprint density at radius 1 is 1.35 bits per heavy atom. The van der Waals surface area contributed by atoms with Crippen LogP contribution in [0, 0.1) is 16.7 Å². The molecule has 2 fully saturated rings. The summed E-state index contributed by atoms with van der Waals surface area (Å²) in [6.45, 7) is 3.75. The summed E-state index contributed by atoms with van der Waals surface area (Å²) in [7, 11) is 0. The third-order valence-corrected chi connectivity index (χ3v) is 3.71. The smallest absolute Gasteiger partial charge is 0.163 e. The van der Waals surface area contributed by atoms with E-state index in [1.807, 2.05) is 12.1 Å². The fourth-order valence-electron chi connectivity index (χ4n) is 2.66. The van der Waals surface area contributed by atoms with Crippen LogP contribution in [-0.2, 0) is 4.74 Å². The molecule has 0 N–H and O–H groups in total. The molecule has 0 radical (unpaired) electrons. The van der Waals surface area contributed by atoms with Gasteiger partial charge in [-0.2, -0.15) is 5.26 Å². The Bertz CT molecular complexity index is 445. The minimum Gasteiger partial charge on any atom is -0.381 e. The standard InChI is InChI=1S/C12H14N4O/c13-7-10-1-2-11(15-14-10)16-5-3-12(8-16)4-6-17-9-12/h1-2H,3-6,8-9H2. The molecule has 0 aromatic carbocycles. The molecule has 1 unspecified atom stereocenters. The van der Waals surface area contributed by atoms with Gasteiger partial charge in [0.05, 0.1) is 6.61 Å².